The molecule has 0 spiro atoms. The Bertz CT molecular complexity index is 1050. The van der Waals surface area contributed by atoms with E-state index in [-0.39, 0.29) is 42.8 Å². The number of rotatable bonds is 17. The van der Waals surface area contributed by atoms with Crippen LogP contribution in [-0.2, 0) is 30.4 Å². The number of aromatic hydroxyl groups is 1. The third kappa shape index (κ3) is 17.7. The predicted molar refractivity (Wildman–Crippen MR) is 158 cm³/mol. The Morgan fingerprint density at radius 1 is 0.905 bits per heavy atom. The minimum absolute atomic E-state index is 0.0761. The molecule has 4 atom stereocenters. The fourth-order valence-electron chi connectivity index (χ4n) is 3.46. The minimum Gasteiger partial charge on any atom is -0.508 e. The van der Waals surface area contributed by atoms with Crippen molar-refractivity contribution < 1.29 is 34.2 Å². The van der Waals surface area contributed by atoms with Crippen LogP contribution < -0.4 is 38.9 Å². The molecule has 0 heterocycles. The fraction of sp³-hybridized carbons (Fsp3) is 0.538. The van der Waals surface area contributed by atoms with E-state index in [2.05, 4.69) is 32.5 Å². The number of benzene rings is 1. The highest BCUT2D eigenvalue weighted by Gasteiger charge is 2.28. The summed E-state index contributed by atoms with van der Waals surface area (Å²) in [5.74, 6) is -3.15. The molecule has 42 heavy (non-hydrogen) atoms. The van der Waals surface area contributed by atoms with Crippen LogP contribution >= 0.6 is 11.6 Å². The summed E-state index contributed by atoms with van der Waals surface area (Å²) in [4.78, 5) is 62.8. The van der Waals surface area contributed by atoms with Crippen molar-refractivity contribution in [1.82, 2.24) is 16.0 Å². The van der Waals surface area contributed by atoms with Crippen molar-refractivity contribution in [2.45, 2.75) is 76.5 Å². The predicted octanol–water partition coefficient (Wildman–Crippen LogP) is -1.22. The van der Waals surface area contributed by atoms with Gasteiger partial charge in [0.05, 0.1) is 6.04 Å². The van der Waals surface area contributed by atoms with Crippen LogP contribution in [0.1, 0.15) is 51.5 Å². The Kier molecular flexibility index (Phi) is 18.9. The molecule has 0 aliphatic rings. The monoisotopic (exact) mass is 614 g/mol. The van der Waals surface area contributed by atoms with Gasteiger partial charge in [-0.2, -0.15) is 0 Å². The smallest absolute Gasteiger partial charge is 0.326 e. The normalized spacial score (nSPS) is 13.2. The number of unbranched alkanes of at least 4 members (excludes halogenated alkanes) is 1. The lowest BCUT2D eigenvalue weighted by Gasteiger charge is -2.24. The van der Waals surface area contributed by atoms with Crippen molar-refractivity contribution in [2.75, 3.05) is 13.1 Å². The zero-order valence-electron chi connectivity index (χ0n) is 23.8. The highest BCUT2D eigenvalue weighted by Crippen LogP contribution is 2.11. The highest BCUT2D eigenvalue weighted by atomic mass is 35.5. The largest absolute Gasteiger partial charge is 0.508 e. The van der Waals surface area contributed by atoms with E-state index in [9.17, 15) is 34.2 Å². The summed E-state index contributed by atoms with van der Waals surface area (Å²) in [7, 11) is 0. The maximum Gasteiger partial charge on any atom is 0.326 e. The number of aliphatic carboxylic acids is 1. The first-order chi connectivity index (χ1) is 19.7. The van der Waals surface area contributed by atoms with E-state index >= 15 is 0 Å². The molecule has 0 saturated carbocycles. The standard InChI is InChI=1S/C24H40N8O6.C2H3ClO/c1-14(30-21(35)17(26)13-15-7-9-16(33)10-8-15)20(34)31-18(5-2-3-11-25)22(36)32-19(23(37)38)6-4-12-29-24(27)28;1-2(3)4/h7-10,14,17-19,33H,2-6,11-13,25-26H2,1H3,(H,30,35)(H,31,34)(H,32,36)(H,37,38)(H4,27,28,29);1H3/t14-,17-,18-,19-;/m0./s1. The minimum atomic E-state index is -1.24. The summed E-state index contributed by atoms with van der Waals surface area (Å²) in [6, 6.07) is 2.00. The molecule has 0 fully saturated rings. The van der Waals surface area contributed by atoms with Crippen LogP contribution in [-0.4, -0.2) is 82.4 Å². The zero-order valence-corrected chi connectivity index (χ0v) is 24.6. The van der Waals surface area contributed by atoms with Crippen LogP contribution in [0.5, 0.6) is 5.75 Å². The van der Waals surface area contributed by atoms with Crippen LogP contribution in [0.3, 0.4) is 0 Å². The third-order valence-electron chi connectivity index (χ3n) is 5.62. The first-order valence-corrected chi connectivity index (χ1v) is 13.6. The van der Waals surface area contributed by atoms with Gasteiger partial charge in [-0.1, -0.05) is 12.1 Å². The number of carbonyl (C=O) groups is 5. The number of phenolic OH excluding ortho intramolecular Hbond substituents is 1. The van der Waals surface area contributed by atoms with Crippen LogP contribution in [0.25, 0.3) is 0 Å². The summed E-state index contributed by atoms with van der Waals surface area (Å²) < 4.78 is 0. The second kappa shape index (κ2) is 20.9. The number of aliphatic imine (C=N–C) groups is 1. The van der Waals surface area contributed by atoms with Crippen LogP contribution in [0, 0.1) is 0 Å². The number of hydrogen-bond acceptors (Lipinski definition) is 9. The number of nitrogens with zero attached hydrogens (tertiary/aromatic N) is 1. The van der Waals surface area contributed by atoms with E-state index in [1.54, 1.807) is 12.1 Å². The van der Waals surface area contributed by atoms with E-state index in [1.807, 2.05) is 0 Å². The molecular weight excluding hydrogens is 572 g/mol. The van der Waals surface area contributed by atoms with Gasteiger partial charge in [-0.25, -0.2) is 4.79 Å². The highest BCUT2D eigenvalue weighted by molar-refractivity contribution is 6.62. The first-order valence-electron chi connectivity index (χ1n) is 13.3. The number of amides is 3. The van der Waals surface area contributed by atoms with Crippen molar-refractivity contribution in [3.8, 4) is 5.75 Å². The number of nitrogens with one attached hydrogen (secondary N) is 3. The summed E-state index contributed by atoms with van der Waals surface area (Å²) in [6.45, 7) is 3.32. The molecule has 0 unspecified atom stereocenters. The fourth-order valence-corrected chi connectivity index (χ4v) is 3.46. The molecule has 13 N–H and O–H groups in total. The second-order valence-electron chi connectivity index (χ2n) is 9.37. The molecular formula is C26H43ClN8O7. The third-order valence-corrected chi connectivity index (χ3v) is 5.62. The Labute approximate surface area is 249 Å². The van der Waals surface area contributed by atoms with Crippen molar-refractivity contribution in [1.29, 1.82) is 0 Å². The van der Waals surface area contributed by atoms with Gasteiger partial charge in [0.15, 0.2) is 5.96 Å². The number of carboxylic acid groups (broad SMARTS) is 1. The number of guanidine groups is 1. The molecule has 1 rings (SSSR count). The summed E-state index contributed by atoms with van der Waals surface area (Å²) in [6.07, 6.45) is 1.90. The zero-order chi connectivity index (χ0) is 32.2. The van der Waals surface area contributed by atoms with Crippen molar-refractivity contribution in [3.63, 3.8) is 0 Å². The number of hydrogen-bond donors (Lipinski definition) is 9. The van der Waals surface area contributed by atoms with Gasteiger partial charge >= 0.3 is 5.97 Å². The van der Waals surface area contributed by atoms with Gasteiger partial charge in [-0.3, -0.25) is 24.2 Å². The lowest BCUT2D eigenvalue weighted by atomic mass is 10.0. The van der Waals surface area contributed by atoms with Gasteiger partial charge < -0.3 is 49.1 Å². The molecule has 0 aliphatic carbocycles. The van der Waals surface area contributed by atoms with Crippen LogP contribution in [0.2, 0.25) is 0 Å². The molecule has 1 aromatic rings. The van der Waals surface area contributed by atoms with E-state index in [0.717, 1.165) is 5.56 Å². The molecule has 1 aromatic carbocycles. The van der Waals surface area contributed by atoms with E-state index in [0.29, 0.717) is 25.8 Å². The quantitative estimate of drug-likeness (QED) is 0.0433. The topological polar surface area (TPSA) is 278 Å². The first kappa shape index (κ1) is 38.0. The Hall–Kier alpha value is -3.95. The molecule has 0 saturated heterocycles. The molecule has 236 valence electrons. The van der Waals surface area contributed by atoms with Gasteiger partial charge in [0.1, 0.15) is 23.9 Å². The van der Waals surface area contributed by atoms with Gasteiger partial charge in [0, 0.05) is 13.5 Å². The van der Waals surface area contributed by atoms with Crippen LogP contribution in [0.4, 0.5) is 0 Å². The molecule has 15 nitrogen and oxygen atoms in total. The number of phenols is 1. The van der Waals surface area contributed by atoms with Gasteiger partial charge in [0.25, 0.3) is 0 Å². The average Bonchev–Trinajstić information content (AvgIpc) is 2.90. The maximum atomic E-state index is 12.9. The molecule has 3 amide bonds. The maximum absolute atomic E-state index is 12.9. The molecule has 16 heteroatoms. The summed E-state index contributed by atoms with van der Waals surface area (Å²) in [5.41, 5.74) is 22.7. The SMILES string of the molecule is CC(=O)Cl.C[C@H](NC(=O)[C@@H](N)Cc1ccc(O)cc1)C(=O)N[C@@H](CCCCN)C(=O)N[C@@H](CCCN=C(N)N)C(=O)O. The van der Waals surface area contributed by atoms with Gasteiger partial charge in [-0.15, -0.1) is 0 Å². The summed E-state index contributed by atoms with van der Waals surface area (Å²) >= 11 is 4.64. The number of halogens is 1. The van der Waals surface area contributed by atoms with E-state index in [1.165, 1.54) is 26.0 Å². The average molecular weight is 615 g/mol. The summed E-state index contributed by atoms with van der Waals surface area (Å²) in [5, 5.41) is 26.0. The van der Waals surface area contributed by atoms with Gasteiger partial charge in [-0.05, 0) is 81.3 Å². The number of carbonyl (C=O) groups excluding carboxylic acids is 4. The van der Waals surface area contributed by atoms with Crippen molar-refractivity contribution in [3.05, 3.63) is 29.8 Å². The molecule has 0 bridgehead atoms. The van der Waals surface area contributed by atoms with Crippen molar-refractivity contribution >= 4 is 46.5 Å². The molecule has 0 aliphatic heterocycles. The lowest BCUT2D eigenvalue weighted by molar-refractivity contribution is -0.142. The van der Waals surface area contributed by atoms with Gasteiger partial charge in [0.2, 0.25) is 23.0 Å². The number of nitrogens with two attached hydrogens (primary N) is 4. The second-order valence-corrected chi connectivity index (χ2v) is 9.90. The lowest BCUT2D eigenvalue weighted by Crippen LogP contribution is -2.56. The van der Waals surface area contributed by atoms with E-state index in [4.69, 9.17) is 22.9 Å². The Morgan fingerprint density at radius 3 is 1.98 bits per heavy atom. The molecule has 0 radical (unpaired) electrons. The van der Waals surface area contributed by atoms with E-state index < -0.39 is 47.9 Å². The van der Waals surface area contributed by atoms with Crippen molar-refractivity contribution in [2.24, 2.45) is 27.9 Å². The number of carboxylic acids is 1. The van der Waals surface area contributed by atoms with Crippen LogP contribution in [0.15, 0.2) is 29.3 Å². The Balaban J connectivity index is 0.00000393. The molecule has 0 aromatic heterocycles. The Morgan fingerprint density at radius 2 is 1.45 bits per heavy atom.